The first-order chi connectivity index (χ1) is 21.1. The van der Waals surface area contributed by atoms with E-state index in [9.17, 15) is 35.7 Å². The molecule has 3 aliphatic heterocycles. The van der Waals surface area contributed by atoms with Gasteiger partial charge >= 0.3 is 0 Å². The van der Waals surface area contributed by atoms with Crippen LogP contribution in [-0.4, -0.2) is 87.3 Å². The van der Waals surface area contributed by atoms with Gasteiger partial charge in [-0.15, -0.1) is 0 Å². The summed E-state index contributed by atoms with van der Waals surface area (Å²) in [5.41, 5.74) is 1.68. The molecule has 1 saturated heterocycles. The second-order valence-electron chi connectivity index (χ2n) is 10.3. The Labute approximate surface area is 250 Å². The van der Waals surface area contributed by atoms with Crippen molar-refractivity contribution in [2.45, 2.75) is 36.8 Å². The molecule has 0 radical (unpaired) electrons. The van der Waals surface area contributed by atoms with E-state index in [0.717, 1.165) is 0 Å². The maximum atomic E-state index is 10.8. The molecule has 1 fully saturated rings. The normalized spacial score (nSPS) is 25.7. The fourth-order valence-electron chi connectivity index (χ4n) is 5.35. The zero-order valence-electron chi connectivity index (χ0n) is 23.4. The molecule has 0 amide bonds. The molecule has 232 valence electrons. The summed E-state index contributed by atoms with van der Waals surface area (Å²) in [5, 5.41) is 72.3. The molecule has 3 aromatic rings. The highest BCUT2D eigenvalue weighted by Crippen LogP contribution is 2.53. The maximum Gasteiger partial charge on any atom is 0.228 e. The third-order valence-electron chi connectivity index (χ3n) is 7.61. The lowest BCUT2D eigenvalue weighted by molar-refractivity contribution is -0.293. The number of allylic oxidation sites excluding steroid dienone is 2. The van der Waals surface area contributed by atoms with Gasteiger partial charge in [0.05, 0.1) is 26.4 Å². The van der Waals surface area contributed by atoms with Crippen molar-refractivity contribution in [2.24, 2.45) is 0 Å². The number of ether oxygens (including phenoxy) is 6. The van der Waals surface area contributed by atoms with Crippen molar-refractivity contribution in [1.29, 1.82) is 0 Å². The van der Waals surface area contributed by atoms with Crippen LogP contribution in [0.3, 0.4) is 0 Å². The highest BCUT2D eigenvalue weighted by Gasteiger charge is 2.47. The van der Waals surface area contributed by atoms with E-state index in [4.69, 9.17) is 28.4 Å². The fourth-order valence-corrected chi connectivity index (χ4v) is 5.35. The number of methoxy groups -OCH3 is 2. The quantitative estimate of drug-likeness (QED) is 0.205. The highest BCUT2D eigenvalue weighted by molar-refractivity contribution is 5.93. The zero-order valence-corrected chi connectivity index (χ0v) is 23.4. The van der Waals surface area contributed by atoms with E-state index in [1.807, 2.05) is 0 Å². The summed E-state index contributed by atoms with van der Waals surface area (Å²) in [7, 11) is 2.71. The first-order valence-corrected chi connectivity index (χ1v) is 13.5. The van der Waals surface area contributed by atoms with Crippen molar-refractivity contribution in [3.63, 3.8) is 0 Å². The average Bonchev–Trinajstić information content (AvgIpc) is 3.02. The Morgan fingerprint density at radius 2 is 1.45 bits per heavy atom. The van der Waals surface area contributed by atoms with Crippen molar-refractivity contribution < 1.29 is 64.2 Å². The molecule has 13 nitrogen and oxygen atoms in total. The largest absolute Gasteiger partial charge is 0.508 e. The number of rotatable bonds is 7. The van der Waals surface area contributed by atoms with Crippen LogP contribution < -0.4 is 18.9 Å². The average molecular weight is 611 g/mol. The summed E-state index contributed by atoms with van der Waals surface area (Å²) in [5.74, 6) is 0.469. The van der Waals surface area contributed by atoms with E-state index < -0.39 is 43.4 Å². The van der Waals surface area contributed by atoms with Gasteiger partial charge in [0.1, 0.15) is 53.2 Å². The molecule has 3 aliphatic rings. The predicted octanol–water partition coefficient (Wildman–Crippen LogP) is 1.92. The molecule has 3 aromatic carbocycles. The number of phenolic OH excluding ortho intramolecular Hbond substituents is 3. The van der Waals surface area contributed by atoms with Gasteiger partial charge in [-0.1, -0.05) is 0 Å². The van der Waals surface area contributed by atoms with Gasteiger partial charge < -0.3 is 64.2 Å². The molecule has 1 unspecified atom stereocenters. The molecule has 0 bridgehead atoms. The van der Waals surface area contributed by atoms with Gasteiger partial charge in [0.2, 0.25) is 12.0 Å². The van der Waals surface area contributed by atoms with Gasteiger partial charge in [-0.2, -0.15) is 0 Å². The summed E-state index contributed by atoms with van der Waals surface area (Å²) in [6.07, 6.45) is -7.43. The first kappa shape index (κ1) is 29.4. The number of aromatic hydroxyl groups is 3. The SMILES string of the molecule is COc1cc(C2Oc3cc(O)cc4c3C(=C2O[C@@H]2O[C@H](CO)[C@@H](O)[C@H](O)[C@H]2O)C=C(c2ccc(O)cc2)O4)cc(OC)c1O. The first-order valence-electron chi connectivity index (χ1n) is 13.5. The lowest BCUT2D eigenvalue weighted by Gasteiger charge is -2.42. The number of hydrogen-bond acceptors (Lipinski definition) is 13. The van der Waals surface area contributed by atoms with Gasteiger partial charge in [0, 0.05) is 28.8 Å². The second-order valence-corrected chi connectivity index (χ2v) is 10.3. The Hall–Kier alpha value is -4.66. The lowest BCUT2D eigenvalue weighted by Crippen LogP contribution is -2.59. The molecule has 44 heavy (non-hydrogen) atoms. The minimum Gasteiger partial charge on any atom is -0.508 e. The molecule has 6 atom stereocenters. The number of benzene rings is 3. The summed E-state index contributed by atoms with van der Waals surface area (Å²) >= 11 is 0. The Morgan fingerprint density at radius 1 is 0.795 bits per heavy atom. The zero-order chi connectivity index (χ0) is 31.3. The van der Waals surface area contributed by atoms with Gasteiger partial charge in [-0.05, 0) is 42.5 Å². The highest BCUT2D eigenvalue weighted by atomic mass is 16.7. The van der Waals surface area contributed by atoms with Crippen LogP contribution in [0.4, 0.5) is 0 Å². The summed E-state index contributed by atoms with van der Waals surface area (Å²) in [6, 6.07) is 11.9. The van der Waals surface area contributed by atoms with Crippen LogP contribution >= 0.6 is 0 Å². The van der Waals surface area contributed by atoms with Crippen LogP contribution in [0.25, 0.3) is 11.3 Å². The minimum atomic E-state index is -1.74. The monoisotopic (exact) mass is 610 g/mol. The van der Waals surface area contributed by atoms with E-state index in [2.05, 4.69) is 0 Å². The third-order valence-corrected chi connectivity index (χ3v) is 7.61. The predicted molar refractivity (Wildman–Crippen MR) is 151 cm³/mol. The van der Waals surface area contributed by atoms with Crippen LogP contribution in [-0.2, 0) is 9.47 Å². The number of hydrogen-bond donors (Lipinski definition) is 7. The van der Waals surface area contributed by atoms with Gasteiger partial charge in [-0.3, -0.25) is 0 Å². The van der Waals surface area contributed by atoms with Gasteiger partial charge in [0.25, 0.3) is 0 Å². The third kappa shape index (κ3) is 5.00. The number of phenols is 3. The topological polar surface area (TPSA) is 197 Å². The molecule has 0 aromatic heterocycles. The van der Waals surface area contributed by atoms with Crippen molar-refractivity contribution in [3.8, 4) is 40.2 Å². The fraction of sp³-hybridized carbons (Fsp3) is 0.290. The van der Waals surface area contributed by atoms with E-state index in [1.54, 1.807) is 18.2 Å². The Bertz CT molecular complexity index is 1600. The number of aliphatic hydroxyl groups excluding tert-OH is 4. The van der Waals surface area contributed by atoms with Crippen molar-refractivity contribution in [2.75, 3.05) is 20.8 Å². The standard InChI is InChI=1S/C31H30O13/c1-39-21-7-14(8-22(40-2)25(21)35)29-30(44-31-28(38)27(37)26(36)23(12-32)43-31)17-11-18(13-3-5-15(33)6-4-13)41-19-9-16(34)10-20(42-29)24(17)19/h3-11,23,26-29,31-38H,12H2,1-2H3/t23-,26-,27+,28-,29?,31+/m1/s1. The second kappa shape index (κ2) is 11.4. The molecule has 7 N–H and O–H groups in total. The smallest absolute Gasteiger partial charge is 0.228 e. The molecular weight excluding hydrogens is 580 g/mol. The van der Waals surface area contributed by atoms with E-state index in [1.165, 1.54) is 50.6 Å². The van der Waals surface area contributed by atoms with E-state index in [0.29, 0.717) is 28.0 Å². The molecule has 0 spiro atoms. The summed E-state index contributed by atoms with van der Waals surface area (Å²) in [6.45, 7) is -0.673. The number of aliphatic hydroxyl groups is 4. The Kier molecular flexibility index (Phi) is 7.65. The van der Waals surface area contributed by atoms with Crippen LogP contribution in [0.5, 0.6) is 40.2 Å². The summed E-state index contributed by atoms with van der Waals surface area (Å²) in [4.78, 5) is 0. The van der Waals surface area contributed by atoms with Crippen LogP contribution in [0, 0.1) is 0 Å². The molecule has 0 aliphatic carbocycles. The van der Waals surface area contributed by atoms with Crippen LogP contribution in [0.1, 0.15) is 22.8 Å². The van der Waals surface area contributed by atoms with Crippen molar-refractivity contribution >= 4 is 11.3 Å². The maximum absolute atomic E-state index is 10.8. The molecular formula is C31H30O13. The van der Waals surface area contributed by atoms with Crippen molar-refractivity contribution in [3.05, 3.63) is 77.1 Å². The summed E-state index contributed by atoms with van der Waals surface area (Å²) < 4.78 is 35.1. The van der Waals surface area contributed by atoms with Gasteiger partial charge in [-0.25, -0.2) is 0 Å². The lowest BCUT2D eigenvalue weighted by atomic mass is 9.91. The molecule has 0 saturated carbocycles. The van der Waals surface area contributed by atoms with Crippen LogP contribution in [0.2, 0.25) is 0 Å². The van der Waals surface area contributed by atoms with E-state index >= 15 is 0 Å². The molecule has 3 heterocycles. The van der Waals surface area contributed by atoms with Gasteiger partial charge in [0.15, 0.2) is 23.4 Å². The van der Waals surface area contributed by atoms with E-state index in [-0.39, 0.29) is 46.0 Å². The molecule has 6 rings (SSSR count). The Morgan fingerprint density at radius 3 is 2.09 bits per heavy atom. The minimum absolute atomic E-state index is 0.0395. The molecule has 13 heteroatoms. The van der Waals surface area contributed by atoms with Crippen molar-refractivity contribution in [1.82, 2.24) is 0 Å². The Balaban J connectivity index is 1.58. The van der Waals surface area contributed by atoms with Crippen LogP contribution in [0.15, 0.2) is 60.4 Å².